The molecule has 2 amide bonds. The van der Waals surface area contributed by atoms with Gasteiger partial charge in [0.15, 0.2) is 0 Å². The van der Waals surface area contributed by atoms with E-state index >= 15 is 0 Å². The Bertz CT molecular complexity index is 683. The SMILES string of the molecule is CC(C)C[C@H](NC(=O)c1cccc(Br)c1)C(=O)NCc1ccco1. The number of furan rings is 1. The quantitative estimate of drug-likeness (QED) is 0.757. The Labute approximate surface area is 149 Å². The molecule has 0 fully saturated rings. The van der Waals surface area contributed by atoms with Gasteiger partial charge in [-0.2, -0.15) is 0 Å². The van der Waals surface area contributed by atoms with E-state index in [0.717, 1.165) is 4.47 Å². The Kier molecular flexibility index (Phi) is 6.61. The molecule has 0 unspecified atom stereocenters. The van der Waals surface area contributed by atoms with E-state index in [1.165, 1.54) is 0 Å². The van der Waals surface area contributed by atoms with E-state index in [2.05, 4.69) is 26.6 Å². The van der Waals surface area contributed by atoms with Gasteiger partial charge in [-0.25, -0.2) is 0 Å². The zero-order valence-electron chi connectivity index (χ0n) is 13.7. The topological polar surface area (TPSA) is 71.3 Å². The van der Waals surface area contributed by atoms with Crippen LogP contribution in [0.2, 0.25) is 0 Å². The Morgan fingerprint density at radius 3 is 2.62 bits per heavy atom. The molecule has 5 nitrogen and oxygen atoms in total. The van der Waals surface area contributed by atoms with E-state index in [1.807, 2.05) is 19.9 Å². The van der Waals surface area contributed by atoms with E-state index in [-0.39, 0.29) is 17.7 Å². The summed E-state index contributed by atoms with van der Waals surface area (Å²) in [4.78, 5) is 24.8. The Morgan fingerprint density at radius 2 is 2.00 bits per heavy atom. The molecule has 0 aliphatic heterocycles. The molecule has 0 bridgehead atoms. The predicted octanol–water partition coefficient (Wildman–Crippen LogP) is 3.50. The van der Waals surface area contributed by atoms with Gasteiger partial charge in [0, 0.05) is 10.0 Å². The van der Waals surface area contributed by atoms with E-state index in [1.54, 1.807) is 36.6 Å². The number of amides is 2. The van der Waals surface area contributed by atoms with E-state index < -0.39 is 6.04 Å². The molecule has 2 N–H and O–H groups in total. The maximum Gasteiger partial charge on any atom is 0.251 e. The molecule has 0 spiro atoms. The first-order valence-electron chi connectivity index (χ1n) is 7.82. The van der Waals surface area contributed by atoms with Gasteiger partial charge in [0.1, 0.15) is 11.8 Å². The van der Waals surface area contributed by atoms with Crippen molar-refractivity contribution < 1.29 is 14.0 Å². The second-order valence-corrected chi connectivity index (χ2v) is 6.88. The van der Waals surface area contributed by atoms with Gasteiger partial charge in [-0.05, 0) is 42.7 Å². The third kappa shape index (κ3) is 5.53. The van der Waals surface area contributed by atoms with Gasteiger partial charge in [-0.1, -0.05) is 35.8 Å². The standard InChI is InChI=1S/C18H21BrN2O3/c1-12(2)9-16(18(23)20-11-15-7-4-8-24-15)21-17(22)13-5-3-6-14(19)10-13/h3-8,10,12,16H,9,11H2,1-2H3,(H,20,23)(H,21,22)/t16-/m0/s1. The minimum absolute atomic E-state index is 0.219. The highest BCUT2D eigenvalue weighted by Gasteiger charge is 2.22. The van der Waals surface area contributed by atoms with Crippen LogP contribution in [0, 0.1) is 5.92 Å². The van der Waals surface area contributed by atoms with Crippen LogP contribution < -0.4 is 10.6 Å². The number of halogens is 1. The number of hydrogen-bond donors (Lipinski definition) is 2. The smallest absolute Gasteiger partial charge is 0.251 e. The Balaban J connectivity index is 2.01. The number of carbonyl (C=O) groups excluding carboxylic acids is 2. The van der Waals surface area contributed by atoms with Gasteiger partial charge in [0.2, 0.25) is 5.91 Å². The van der Waals surface area contributed by atoms with Crippen LogP contribution in [0.25, 0.3) is 0 Å². The van der Waals surface area contributed by atoms with Crippen molar-refractivity contribution in [2.45, 2.75) is 32.9 Å². The van der Waals surface area contributed by atoms with Gasteiger partial charge >= 0.3 is 0 Å². The zero-order valence-corrected chi connectivity index (χ0v) is 15.3. The van der Waals surface area contributed by atoms with E-state index in [4.69, 9.17) is 4.42 Å². The highest BCUT2D eigenvalue weighted by molar-refractivity contribution is 9.10. The van der Waals surface area contributed by atoms with Crippen LogP contribution in [-0.2, 0) is 11.3 Å². The number of benzene rings is 1. The summed E-state index contributed by atoms with van der Waals surface area (Å²) in [5.74, 6) is 0.454. The van der Waals surface area contributed by atoms with Crippen molar-refractivity contribution in [3.8, 4) is 0 Å². The van der Waals surface area contributed by atoms with Crippen molar-refractivity contribution in [2.75, 3.05) is 0 Å². The first kappa shape index (κ1) is 18.3. The van der Waals surface area contributed by atoms with Crippen molar-refractivity contribution in [3.63, 3.8) is 0 Å². The fourth-order valence-corrected chi connectivity index (χ4v) is 2.68. The van der Waals surface area contributed by atoms with Crippen LogP contribution in [0.1, 0.15) is 36.4 Å². The first-order chi connectivity index (χ1) is 11.5. The third-order valence-corrected chi connectivity index (χ3v) is 3.93. The van der Waals surface area contributed by atoms with Crippen molar-refractivity contribution in [2.24, 2.45) is 5.92 Å². The summed E-state index contributed by atoms with van der Waals surface area (Å²) in [6, 6.07) is 10.0. The Hall–Kier alpha value is -2.08. The van der Waals surface area contributed by atoms with Crippen LogP contribution in [-0.4, -0.2) is 17.9 Å². The lowest BCUT2D eigenvalue weighted by atomic mass is 10.0. The van der Waals surface area contributed by atoms with Crippen molar-refractivity contribution >= 4 is 27.7 Å². The summed E-state index contributed by atoms with van der Waals surface area (Å²) in [6.45, 7) is 4.32. The Morgan fingerprint density at radius 1 is 1.21 bits per heavy atom. The lowest BCUT2D eigenvalue weighted by Gasteiger charge is -2.20. The highest BCUT2D eigenvalue weighted by atomic mass is 79.9. The maximum atomic E-state index is 12.4. The normalized spacial score (nSPS) is 12.0. The van der Waals surface area contributed by atoms with Crippen LogP contribution >= 0.6 is 15.9 Å². The summed E-state index contributed by atoms with van der Waals surface area (Å²) in [5, 5.41) is 5.62. The summed E-state index contributed by atoms with van der Waals surface area (Å²) in [5.41, 5.74) is 0.511. The van der Waals surface area contributed by atoms with Crippen LogP contribution in [0.15, 0.2) is 51.6 Å². The molecule has 0 aliphatic carbocycles. The summed E-state index contributed by atoms with van der Waals surface area (Å²) >= 11 is 3.34. The van der Waals surface area contributed by atoms with Gasteiger partial charge < -0.3 is 15.1 Å². The molecule has 1 aromatic carbocycles. The number of rotatable bonds is 7. The summed E-state index contributed by atoms with van der Waals surface area (Å²) in [7, 11) is 0. The molecular weight excluding hydrogens is 372 g/mol. The second kappa shape index (κ2) is 8.68. The third-order valence-electron chi connectivity index (χ3n) is 3.43. The fraction of sp³-hybridized carbons (Fsp3) is 0.333. The van der Waals surface area contributed by atoms with Gasteiger partial charge in [-0.3, -0.25) is 9.59 Å². The van der Waals surface area contributed by atoms with Crippen LogP contribution in [0.3, 0.4) is 0 Å². The molecule has 1 heterocycles. The minimum atomic E-state index is -0.591. The van der Waals surface area contributed by atoms with E-state index in [0.29, 0.717) is 24.3 Å². The molecular formula is C18H21BrN2O3. The lowest BCUT2D eigenvalue weighted by molar-refractivity contribution is -0.123. The number of nitrogens with one attached hydrogen (secondary N) is 2. The fourth-order valence-electron chi connectivity index (χ4n) is 2.28. The highest BCUT2D eigenvalue weighted by Crippen LogP contribution is 2.13. The molecule has 2 aromatic rings. The molecule has 1 atom stereocenters. The van der Waals surface area contributed by atoms with Crippen LogP contribution in [0.5, 0.6) is 0 Å². The predicted molar refractivity (Wildman–Crippen MR) is 95.4 cm³/mol. The number of hydrogen-bond acceptors (Lipinski definition) is 3. The van der Waals surface area contributed by atoms with Crippen molar-refractivity contribution in [3.05, 3.63) is 58.5 Å². The monoisotopic (exact) mass is 392 g/mol. The van der Waals surface area contributed by atoms with Crippen molar-refractivity contribution in [1.82, 2.24) is 10.6 Å². The van der Waals surface area contributed by atoms with Gasteiger partial charge in [0.05, 0.1) is 12.8 Å². The molecule has 1 aromatic heterocycles. The molecule has 6 heteroatoms. The summed E-state index contributed by atoms with van der Waals surface area (Å²) < 4.78 is 6.02. The first-order valence-corrected chi connectivity index (χ1v) is 8.61. The van der Waals surface area contributed by atoms with Gasteiger partial charge in [-0.15, -0.1) is 0 Å². The number of carbonyl (C=O) groups is 2. The average Bonchev–Trinajstić information content (AvgIpc) is 3.05. The molecule has 0 aliphatic rings. The summed E-state index contributed by atoms with van der Waals surface area (Å²) in [6.07, 6.45) is 2.12. The van der Waals surface area contributed by atoms with E-state index in [9.17, 15) is 9.59 Å². The lowest BCUT2D eigenvalue weighted by Crippen LogP contribution is -2.47. The largest absolute Gasteiger partial charge is 0.467 e. The molecule has 0 saturated carbocycles. The molecule has 24 heavy (non-hydrogen) atoms. The zero-order chi connectivity index (χ0) is 17.5. The molecule has 2 rings (SSSR count). The minimum Gasteiger partial charge on any atom is -0.467 e. The maximum absolute atomic E-state index is 12.4. The van der Waals surface area contributed by atoms with Crippen LogP contribution in [0.4, 0.5) is 0 Å². The average molecular weight is 393 g/mol. The molecule has 0 radical (unpaired) electrons. The molecule has 128 valence electrons. The molecule has 0 saturated heterocycles. The van der Waals surface area contributed by atoms with Gasteiger partial charge in [0.25, 0.3) is 5.91 Å². The second-order valence-electron chi connectivity index (χ2n) is 5.96. The van der Waals surface area contributed by atoms with Crippen molar-refractivity contribution in [1.29, 1.82) is 0 Å².